The number of unbranched alkanes of at least 4 members (excludes halogenated alkanes) is 4. The summed E-state index contributed by atoms with van der Waals surface area (Å²) in [7, 11) is 0. The first kappa shape index (κ1) is 15.5. The van der Waals surface area contributed by atoms with Gasteiger partial charge < -0.3 is 5.32 Å². The van der Waals surface area contributed by atoms with Crippen LogP contribution in [0, 0.1) is 17.5 Å². The number of rotatable bonds is 7. The van der Waals surface area contributed by atoms with E-state index >= 15 is 0 Å². The van der Waals surface area contributed by atoms with Crippen molar-refractivity contribution in [1.82, 2.24) is 0 Å². The van der Waals surface area contributed by atoms with Gasteiger partial charge >= 0.3 is 0 Å². The van der Waals surface area contributed by atoms with Crippen LogP contribution in [0.3, 0.4) is 0 Å². The molecule has 1 amide bonds. The van der Waals surface area contributed by atoms with E-state index in [0.29, 0.717) is 18.6 Å². The molecule has 5 heteroatoms. The maximum absolute atomic E-state index is 13.3. The fourth-order valence-corrected chi connectivity index (χ4v) is 1.72. The third-order valence-corrected chi connectivity index (χ3v) is 2.79. The average Bonchev–Trinajstić information content (AvgIpc) is 2.35. The van der Waals surface area contributed by atoms with E-state index in [1.807, 2.05) is 0 Å². The minimum absolute atomic E-state index is 0.252. The van der Waals surface area contributed by atoms with Crippen molar-refractivity contribution in [3.8, 4) is 0 Å². The van der Waals surface area contributed by atoms with Crippen LogP contribution in [0.2, 0.25) is 0 Å². The summed E-state index contributed by atoms with van der Waals surface area (Å²) in [5, 5.41) is 2.25. The second-order valence-electron chi connectivity index (χ2n) is 4.46. The highest BCUT2D eigenvalue weighted by Crippen LogP contribution is 2.18. The monoisotopic (exact) mass is 273 g/mol. The molecular weight excluding hydrogens is 255 g/mol. The highest BCUT2D eigenvalue weighted by Gasteiger charge is 2.11. The standard InChI is InChI=1S/C14H18F3NO/c1-2-3-4-5-6-7-14(19)18-13-9-11(16)10(15)8-12(13)17/h8-9H,2-7H2,1H3,(H,18,19). The molecule has 1 N–H and O–H groups in total. The zero-order chi connectivity index (χ0) is 14.3. The largest absolute Gasteiger partial charge is 0.324 e. The summed E-state index contributed by atoms with van der Waals surface area (Å²) in [6, 6.07) is 1.08. The van der Waals surface area contributed by atoms with E-state index in [4.69, 9.17) is 0 Å². The molecule has 0 aliphatic rings. The molecule has 0 atom stereocenters. The molecule has 1 aromatic carbocycles. The van der Waals surface area contributed by atoms with Gasteiger partial charge in [0.05, 0.1) is 5.69 Å². The first-order valence-electron chi connectivity index (χ1n) is 6.49. The molecule has 0 aliphatic carbocycles. The van der Waals surface area contributed by atoms with Crippen LogP contribution < -0.4 is 5.32 Å². The number of hydrogen-bond acceptors (Lipinski definition) is 1. The Morgan fingerprint density at radius 1 is 1.00 bits per heavy atom. The van der Waals surface area contributed by atoms with E-state index in [2.05, 4.69) is 12.2 Å². The van der Waals surface area contributed by atoms with Crippen LogP contribution in [0.5, 0.6) is 0 Å². The normalized spacial score (nSPS) is 10.5. The van der Waals surface area contributed by atoms with Gasteiger partial charge in [0.15, 0.2) is 11.6 Å². The van der Waals surface area contributed by atoms with Crippen LogP contribution >= 0.6 is 0 Å². The molecule has 0 aromatic heterocycles. The highest BCUT2D eigenvalue weighted by atomic mass is 19.2. The Balaban J connectivity index is 2.42. The molecule has 0 spiro atoms. The minimum atomic E-state index is -1.27. The third kappa shape index (κ3) is 5.32. The van der Waals surface area contributed by atoms with Gasteiger partial charge in [-0.2, -0.15) is 0 Å². The molecule has 106 valence electrons. The van der Waals surface area contributed by atoms with Gasteiger partial charge in [-0.1, -0.05) is 32.6 Å². The molecule has 1 aromatic rings. The predicted molar refractivity (Wildman–Crippen MR) is 68.3 cm³/mol. The first-order valence-corrected chi connectivity index (χ1v) is 6.49. The molecule has 19 heavy (non-hydrogen) atoms. The van der Waals surface area contributed by atoms with Crippen LogP contribution in [-0.2, 0) is 4.79 Å². The van der Waals surface area contributed by atoms with Crippen molar-refractivity contribution >= 4 is 11.6 Å². The SMILES string of the molecule is CCCCCCCC(=O)Nc1cc(F)c(F)cc1F. The van der Waals surface area contributed by atoms with E-state index in [-0.39, 0.29) is 18.0 Å². The second kappa shape index (κ2) is 7.81. The van der Waals surface area contributed by atoms with Crippen LogP contribution in [0.25, 0.3) is 0 Å². The third-order valence-electron chi connectivity index (χ3n) is 2.79. The molecule has 0 aliphatic heterocycles. The number of anilines is 1. The highest BCUT2D eigenvalue weighted by molar-refractivity contribution is 5.90. The summed E-state index contributed by atoms with van der Waals surface area (Å²) in [5.41, 5.74) is -0.322. The van der Waals surface area contributed by atoms with Gasteiger partial charge in [0.25, 0.3) is 0 Å². The fourth-order valence-electron chi connectivity index (χ4n) is 1.72. The van der Waals surface area contributed by atoms with E-state index in [9.17, 15) is 18.0 Å². The summed E-state index contributed by atoms with van der Waals surface area (Å²) in [6.07, 6.45) is 5.19. The number of halogens is 3. The number of carbonyl (C=O) groups is 1. The van der Waals surface area contributed by atoms with Crippen molar-refractivity contribution in [2.45, 2.75) is 45.4 Å². The zero-order valence-corrected chi connectivity index (χ0v) is 10.9. The Morgan fingerprint density at radius 2 is 1.63 bits per heavy atom. The number of carbonyl (C=O) groups excluding carboxylic acids is 1. The lowest BCUT2D eigenvalue weighted by Crippen LogP contribution is -2.12. The van der Waals surface area contributed by atoms with Gasteiger partial charge in [-0.05, 0) is 6.42 Å². The summed E-state index contributed by atoms with van der Waals surface area (Å²) >= 11 is 0. The first-order chi connectivity index (χ1) is 9.04. The number of nitrogens with one attached hydrogen (secondary N) is 1. The molecule has 0 radical (unpaired) electrons. The van der Waals surface area contributed by atoms with Crippen LogP contribution in [0.1, 0.15) is 45.4 Å². The lowest BCUT2D eigenvalue weighted by Gasteiger charge is -2.07. The van der Waals surface area contributed by atoms with Crippen molar-refractivity contribution in [3.05, 3.63) is 29.6 Å². The Morgan fingerprint density at radius 3 is 2.32 bits per heavy atom. The molecule has 0 unspecified atom stereocenters. The lowest BCUT2D eigenvalue weighted by molar-refractivity contribution is -0.116. The summed E-state index contributed by atoms with van der Waals surface area (Å²) in [5.74, 6) is -3.81. The molecule has 0 fully saturated rings. The summed E-state index contributed by atoms with van der Waals surface area (Å²) < 4.78 is 38.9. The summed E-state index contributed by atoms with van der Waals surface area (Å²) in [4.78, 5) is 11.5. The van der Waals surface area contributed by atoms with Crippen molar-refractivity contribution in [1.29, 1.82) is 0 Å². The van der Waals surface area contributed by atoms with Gasteiger partial charge in [-0.15, -0.1) is 0 Å². The molecule has 0 saturated carbocycles. The number of hydrogen-bond donors (Lipinski definition) is 1. The Bertz CT molecular complexity index is 435. The van der Waals surface area contributed by atoms with Crippen molar-refractivity contribution in [2.75, 3.05) is 5.32 Å². The Hall–Kier alpha value is -1.52. The number of amides is 1. The van der Waals surface area contributed by atoms with E-state index in [1.165, 1.54) is 0 Å². The molecule has 0 saturated heterocycles. The van der Waals surface area contributed by atoms with Crippen LogP contribution in [0.15, 0.2) is 12.1 Å². The minimum Gasteiger partial charge on any atom is -0.324 e. The molecule has 1 rings (SSSR count). The van der Waals surface area contributed by atoms with E-state index < -0.39 is 17.5 Å². The van der Waals surface area contributed by atoms with Gasteiger partial charge in [0.1, 0.15) is 5.82 Å². The van der Waals surface area contributed by atoms with Crippen LogP contribution in [0.4, 0.5) is 18.9 Å². The van der Waals surface area contributed by atoms with Crippen molar-refractivity contribution in [2.24, 2.45) is 0 Å². The molecular formula is C14H18F3NO. The summed E-state index contributed by atoms with van der Waals surface area (Å²) in [6.45, 7) is 2.10. The van der Waals surface area contributed by atoms with Crippen LogP contribution in [-0.4, -0.2) is 5.91 Å². The quantitative estimate of drug-likeness (QED) is 0.579. The fraction of sp³-hybridized carbons (Fsp3) is 0.500. The average molecular weight is 273 g/mol. The smallest absolute Gasteiger partial charge is 0.224 e. The lowest BCUT2D eigenvalue weighted by atomic mass is 10.1. The predicted octanol–water partition coefficient (Wildman–Crippen LogP) is 4.40. The maximum Gasteiger partial charge on any atom is 0.224 e. The topological polar surface area (TPSA) is 29.1 Å². The Labute approximate surface area is 111 Å². The zero-order valence-electron chi connectivity index (χ0n) is 10.9. The van der Waals surface area contributed by atoms with Gasteiger partial charge in [0, 0.05) is 18.6 Å². The molecule has 0 heterocycles. The molecule has 0 bridgehead atoms. The molecule has 2 nitrogen and oxygen atoms in total. The number of benzene rings is 1. The van der Waals surface area contributed by atoms with Crippen molar-refractivity contribution < 1.29 is 18.0 Å². The second-order valence-corrected chi connectivity index (χ2v) is 4.46. The van der Waals surface area contributed by atoms with Crippen molar-refractivity contribution in [3.63, 3.8) is 0 Å². The van der Waals surface area contributed by atoms with Gasteiger partial charge in [0.2, 0.25) is 5.91 Å². The Kier molecular flexibility index (Phi) is 6.39. The van der Waals surface area contributed by atoms with Gasteiger partial charge in [-0.3, -0.25) is 4.79 Å². The van der Waals surface area contributed by atoms with E-state index in [0.717, 1.165) is 25.7 Å². The van der Waals surface area contributed by atoms with E-state index in [1.54, 1.807) is 0 Å². The van der Waals surface area contributed by atoms with Gasteiger partial charge in [-0.25, -0.2) is 13.2 Å². The maximum atomic E-state index is 13.3.